The van der Waals surface area contributed by atoms with Gasteiger partial charge >= 0.3 is 11.9 Å². The molecule has 0 bridgehead atoms. The molecule has 184 valence electrons. The Bertz CT molecular complexity index is 682. The molecular formula is C29H44O4. The average molecular weight is 457 g/mol. The quantitative estimate of drug-likeness (QED) is 0.141. The van der Waals surface area contributed by atoms with E-state index in [-0.39, 0.29) is 11.9 Å². The second-order valence-corrected chi connectivity index (χ2v) is 9.26. The zero-order chi connectivity index (χ0) is 23.6. The van der Waals surface area contributed by atoms with Crippen LogP contribution in [-0.2, 0) is 25.5 Å². The van der Waals surface area contributed by atoms with Crippen LogP contribution in [0.3, 0.4) is 0 Å². The van der Waals surface area contributed by atoms with Crippen LogP contribution in [0.1, 0.15) is 96.0 Å². The van der Waals surface area contributed by atoms with Gasteiger partial charge in [0, 0.05) is 0 Å². The Morgan fingerprint density at radius 3 is 1.73 bits per heavy atom. The number of unbranched alkanes of at least 4 members (excludes halogenated alkanes) is 9. The Morgan fingerprint density at radius 2 is 1.18 bits per heavy atom. The van der Waals surface area contributed by atoms with Gasteiger partial charge in [-0.15, -0.1) is 0 Å². The van der Waals surface area contributed by atoms with E-state index < -0.39 is 11.8 Å². The highest BCUT2D eigenvalue weighted by Gasteiger charge is 2.36. The summed E-state index contributed by atoms with van der Waals surface area (Å²) in [6.45, 7) is 3.08. The summed E-state index contributed by atoms with van der Waals surface area (Å²) in [4.78, 5) is 25.2. The molecule has 2 rings (SSSR count). The molecular weight excluding hydrogens is 412 g/mol. The molecule has 2 unspecified atom stereocenters. The van der Waals surface area contributed by atoms with Crippen LogP contribution in [0.25, 0.3) is 0 Å². The molecule has 0 saturated heterocycles. The molecule has 0 radical (unpaired) electrons. The van der Waals surface area contributed by atoms with Gasteiger partial charge in [0.05, 0.1) is 25.0 Å². The summed E-state index contributed by atoms with van der Waals surface area (Å²) in [6.07, 6.45) is 19.2. The van der Waals surface area contributed by atoms with Crippen molar-refractivity contribution < 1.29 is 19.1 Å². The van der Waals surface area contributed by atoms with E-state index in [1.54, 1.807) is 0 Å². The topological polar surface area (TPSA) is 52.6 Å². The molecule has 0 fully saturated rings. The Morgan fingerprint density at radius 1 is 0.697 bits per heavy atom. The van der Waals surface area contributed by atoms with Crippen molar-refractivity contribution in [3.8, 4) is 0 Å². The van der Waals surface area contributed by atoms with Gasteiger partial charge < -0.3 is 9.47 Å². The molecule has 0 aromatic heterocycles. The SMILES string of the molecule is CCCCCCCCCCCCOC(=O)C1CC=CCC1C(=O)OCCCc1ccccc1. The molecule has 1 aromatic carbocycles. The summed E-state index contributed by atoms with van der Waals surface area (Å²) >= 11 is 0. The fraction of sp³-hybridized carbons (Fsp3) is 0.655. The van der Waals surface area contributed by atoms with Gasteiger partial charge in [-0.1, -0.05) is 107 Å². The standard InChI is InChI=1S/C29H44O4/c1-2-3-4-5-6-7-8-9-10-16-23-32-28(30)26-21-14-15-22-27(26)29(31)33-24-17-20-25-18-12-11-13-19-25/h11-15,18-19,26-27H,2-10,16-17,20-24H2,1H3. The van der Waals surface area contributed by atoms with Crippen molar-refractivity contribution >= 4 is 11.9 Å². The smallest absolute Gasteiger partial charge is 0.310 e. The van der Waals surface area contributed by atoms with E-state index in [1.807, 2.05) is 30.4 Å². The van der Waals surface area contributed by atoms with E-state index in [2.05, 4.69) is 19.1 Å². The van der Waals surface area contributed by atoms with Crippen molar-refractivity contribution in [1.82, 2.24) is 0 Å². The van der Waals surface area contributed by atoms with Gasteiger partial charge in [-0.3, -0.25) is 9.59 Å². The van der Waals surface area contributed by atoms with Crippen LogP contribution in [0.2, 0.25) is 0 Å². The van der Waals surface area contributed by atoms with E-state index >= 15 is 0 Å². The molecule has 1 aliphatic rings. The lowest BCUT2D eigenvalue weighted by atomic mass is 9.83. The second kappa shape index (κ2) is 17.4. The van der Waals surface area contributed by atoms with Gasteiger partial charge in [-0.05, 0) is 37.7 Å². The van der Waals surface area contributed by atoms with Crippen LogP contribution in [0.5, 0.6) is 0 Å². The maximum atomic E-state index is 12.6. The third kappa shape index (κ3) is 11.5. The summed E-state index contributed by atoms with van der Waals surface area (Å²) in [5.41, 5.74) is 1.24. The minimum atomic E-state index is -0.424. The summed E-state index contributed by atoms with van der Waals surface area (Å²) in [5.74, 6) is -1.36. The van der Waals surface area contributed by atoms with E-state index in [4.69, 9.17) is 9.47 Å². The van der Waals surface area contributed by atoms with Crippen LogP contribution < -0.4 is 0 Å². The molecule has 33 heavy (non-hydrogen) atoms. The first-order chi connectivity index (χ1) is 16.2. The Kier molecular flexibility index (Phi) is 14.3. The molecule has 1 aliphatic carbocycles. The Hall–Kier alpha value is -2.10. The lowest BCUT2D eigenvalue weighted by Gasteiger charge is -2.25. The highest BCUT2D eigenvalue weighted by Crippen LogP contribution is 2.28. The maximum Gasteiger partial charge on any atom is 0.310 e. The fourth-order valence-corrected chi connectivity index (χ4v) is 4.41. The first-order valence-electron chi connectivity index (χ1n) is 13.2. The van der Waals surface area contributed by atoms with Crippen LogP contribution in [0.4, 0.5) is 0 Å². The number of carbonyl (C=O) groups is 2. The first kappa shape index (κ1) is 27.1. The monoisotopic (exact) mass is 456 g/mol. The van der Waals surface area contributed by atoms with Gasteiger partial charge in [-0.2, -0.15) is 0 Å². The van der Waals surface area contributed by atoms with Crippen molar-refractivity contribution in [3.05, 3.63) is 48.0 Å². The third-order valence-corrected chi connectivity index (χ3v) is 6.48. The molecule has 0 spiro atoms. The number of esters is 2. The van der Waals surface area contributed by atoms with Crippen molar-refractivity contribution in [1.29, 1.82) is 0 Å². The van der Waals surface area contributed by atoms with Gasteiger partial charge in [0.2, 0.25) is 0 Å². The summed E-state index contributed by atoms with van der Waals surface area (Å²) < 4.78 is 11.1. The number of benzene rings is 1. The van der Waals surface area contributed by atoms with Crippen LogP contribution in [-0.4, -0.2) is 25.2 Å². The maximum absolute atomic E-state index is 12.6. The number of rotatable bonds is 17. The van der Waals surface area contributed by atoms with Gasteiger partial charge in [0.1, 0.15) is 0 Å². The van der Waals surface area contributed by atoms with Crippen LogP contribution in [0.15, 0.2) is 42.5 Å². The van der Waals surface area contributed by atoms with Crippen molar-refractivity contribution in [2.75, 3.05) is 13.2 Å². The largest absolute Gasteiger partial charge is 0.465 e. The zero-order valence-electron chi connectivity index (χ0n) is 20.6. The highest BCUT2D eigenvalue weighted by molar-refractivity contribution is 5.82. The number of hydrogen-bond acceptors (Lipinski definition) is 4. The fourth-order valence-electron chi connectivity index (χ4n) is 4.41. The number of hydrogen-bond donors (Lipinski definition) is 0. The number of ether oxygens (including phenoxy) is 2. The van der Waals surface area contributed by atoms with Crippen LogP contribution in [0, 0.1) is 11.8 Å². The summed E-state index contributed by atoms with van der Waals surface area (Å²) in [5, 5.41) is 0. The summed E-state index contributed by atoms with van der Waals surface area (Å²) in [6, 6.07) is 10.2. The molecule has 0 saturated carbocycles. The van der Waals surface area contributed by atoms with E-state index in [1.165, 1.54) is 56.9 Å². The lowest BCUT2D eigenvalue weighted by molar-refractivity contribution is -0.161. The minimum Gasteiger partial charge on any atom is -0.465 e. The van der Waals surface area contributed by atoms with E-state index in [9.17, 15) is 9.59 Å². The Balaban J connectivity index is 1.57. The molecule has 1 aromatic rings. The molecule has 0 N–H and O–H groups in total. The van der Waals surface area contributed by atoms with Gasteiger partial charge in [0.15, 0.2) is 0 Å². The number of aryl methyl sites for hydroxylation is 1. The predicted octanol–water partition coefficient (Wildman–Crippen LogP) is 7.21. The van der Waals surface area contributed by atoms with Gasteiger partial charge in [0.25, 0.3) is 0 Å². The minimum absolute atomic E-state index is 0.249. The zero-order valence-corrected chi connectivity index (χ0v) is 20.6. The van der Waals surface area contributed by atoms with Crippen LogP contribution >= 0.6 is 0 Å². The third-order valence-electron chi connectivity index (χ3n) is 6.48. The van der Waals surface area contributed by atoms with Crippen molar-refractivity contribution in [2.24, 2.45) is 11.8 Å². The molecule has 2 atom stereocenters. The predicted molar refractivity (Wildman–Crippen MR) is 134 cm³/mol. The summed E-state index contributed by atoms with van der Waals surface area (Å²) in [7, 11) is 0. The molecule has 0 aliphatic heterocycles. The molecule has 0 heterocycles. The van der Waals surface area contributed by atoms with E-state index in [0.29, 0.717) is 26.1 Å². The first-order valence-corrected chi connectivity index (χ1v) is 13.2. The van der Waals surface area contributed by atoms with Gasteiger partial charge in [-0.25, -0.2) is 0 Å². The number of allylic oxidation sites excluding steroid dienone is 2. The average Bonchev–Trinajstić information content (AvgIpc) is 2.85. The molecule has 0 amide bonds. The number of carbonyl (C=O) groups excluding carboxylic acids is 2. The molecule has 4 heteroatoms. The Labute approximate surface area is 201 Å². The lowest BCUT2D eigenvalue weighted by Crippen LogP contribution is -2.34. The second-order valence-electron chi connectivity index (χ2n) is 9.26. The van der Waals surface area contributed by atoms with Crippen molar-refractivity contribution in [3.63, 3.8) is 0 Å². The highest BCUT2D eigenvalue weighted by atomic mass is 16.5. The normalized spacial score (nSPS) is 17.6. The van der Waals surface area contributed by atoms with E-state index in [0.717, 1.165) is 25.7 Å². The van der Waals surface area contributed by atoms with Crippen molar-refractivity contribution in [2.45, 2.75) is 96.8 Å². The molecule has 4 nitrogen and oxygen atoms in total.